The summed E-state index contributed by atoms with van der Waals surface area (Å²) in [4.78, 5) is 51.8. The van der Waals surface area contributed by atoms with Crippen molar-refractivity contribution in [3.63, 3.8) is 0 Å². The van der Waals surface area contributed by atoms with Crippen molar-refractivity contribution in [2.45, 2.75) is 32.6 Å². The Morgan fingerprint density at radius 3 is 1.95 bits per heavy atom. The highest BCUT2D eigenvalue weighted by Crippen LogP contribution is 2.30. The maximum Gasteiger partial charge on any atom is 0.343 e. The molecular weight excluding hydrogens is 558 g/mol. The molecule has 0 bridgehead atoms. The van der Waals surface area contributed by atoms with Gasteiger partial charge in [-0.25, -0.2) is 4.79 Å². The smallest absolute Gasteiger partial charge is 0.343 e. The summed E-state index contributed by atoms with van der Waals surface area (Å²) >= 11 is 0. The van der Waals surface area contributed by atoms with Crippen LogP contribution in [-0.4, -0.2) is 36.8 Å². The summed E-state index contributed by atoms with van der Waals surface area (Å²) in [7, 11) is 0. The highest BCUT2D eigenvalue weighted by atomic mass is 16.5. The van der Waals surface area contributed by atoms with E-state index in [1.165, 1.54) is 34.7 Å². The lowest BCUT2D eigenvalue weighted by molar-refractivity contribution is -0.147. The van der Waals surface area contributed by atoms with Crippen molar-refractivity contribution >= 4 is 29.3 Å². The molecule has 4 aromatic carbocycles. The van der Waals surface area contributed by atoms with Gasteiger partial charge >= 0.3 is 11.9 Å². The molecule has 8 heteroatoms. The molecule has 0 aliphatic carbocycles. The number of hydrogen-bond donors (Lipinski definition) is 0. The molecule has 0 aromatic heterocycles. The topological polar surface area (TPSA) is 99.2 Å². The molecule has 0 N–H and O–H groups in total. The molecule has 1 atom stereocenters. The minimum absolute atomic E-state index is 0.00706. The molecule has 0 spiro atoms. The molecule has 0 saturated carbocycles. The first-order valence-electron chi connectivity index (χ1n) is 14.3. The molecule has 4 aromatic rings. The minimum Gasteiger partial charge on any atom is -0.457 e. The molecule has 44 heavy (non-hydrogen) atoms. The van der Waals surface area contributed by atoms with Crippen molar-refractivity contribution < 1.29 is 33.4 Å². The molecule has 8 nitrogen and oxygen atoms in total. The number of ether oxygens (including phenoxy) is 3. The Balaban J connectivity index is 1.10. The maximum atomic E-state index is 12.7. The van der Waals surface area contributed by atoms with Crippen LogP contribution in [0.25, 0.3) is 0 Å². The van der Waals surface area contributed by atoms with Crippen LogP contribution in [0.15, 0.2) is 103 Å². The molecular formula is C36H33NO7. The van der Waals surface area contributed by atoms with Gasteiger partial charge in [-0.3, -0.25) is 14.4 Å². The van der Waals surface area contributed by atoms with E-state index < -0.39 is 30.2 Å². The average molecular weight is 592 g/mol. The monoisotopic (exact) mass is 591 g/mol. The molecule has 5 rings (SSSR count). The van der Waals surface area contributed by atoms with Crippen LogP contribution in [0.5, 0.6) is 17.2 Å². The summed E-state index contributed by atoms with van der Waals surface area (Å²) in [6.07, 6.45) is -0.00706. The van der Waals surface area contributed by atoms with E-state index in [9.17, 15) is 19.2 Å². The fraction of sp³-hybridized carbons (Fsp3) is 0.222. The number of esters is 2. The van der Waals surface area contributed by atoms with Crippen molar-refractivity contribution in [3.05, 3.63) is 120 Å². The number of carbonyl (C=O) groups excluding carboxylic acids is 4. The molecule has 1 aliphatic rings. The Bertz CT molecular complexity index is 1640. The van der Waals surface area contributed by atoms with Gasteiger partial charge in [0.2, 0.25) is 5.91 Å². The van der Waals surface area contributed by atoms with Crippen molar-refractivity contribution in [2.75, 3.05) is 18.1 Å². The van der Waals surface area contributed by atoms with Crippen LogP contribution < -0.4 is 14.4 Å². The van der Waals surface area contributed by atoms with Gasteiger partial charge in [0, 0.05) is 24.2 Å². The van der Waals surface area contributed by atoms with Gasteiger partial charge in [0.05, 0.1) is 11.5 Å². The Kier molecular flexibility index (Phi) is 8.90. The summed E-state index contributed by atoms with van der Waals surface area (Å²) in [6, 6.07) is 29.6. The second-order valence-corrected chi connectivity index (χ2v) is 11.6. The van der Waals surface area contributed by atoms with E-state index in [0.29, 0.717) is 28.3 Å². The van der Waals surface area contributed by atoms with Gasteiger partial charge in [0.25, 0.3) is 0 Å². The van der Waals surface area contributed by atoms with E-state index in [1.54, 1.807) is 54.6 Å². The van der Waals surface area contributed by atoms with Gasteiger partial charge in [-0.15, -0.1) is 0 Å². The van der Waals surface area contributed by atoms with E-state index in [2.05, 4.69) is 20.8 Å². The van der Waals surface area contributed by atoms with E-state index in [4.69, 9.17) is 14.2 Å². The Hall–Kier alpha value is -5.24. The second kappa shape index (κ2) is 13.0. The predicted octanol–water partition coefficient (Wildman–Crippen LogP) is 6.77. The van der Waals surface area contributed by atoms with E-state index in [-0.39, 0.29) is 30.0 Å². The van der Waals surface area contributed by atoms with Crippen LogP contribution >= 0.6 is 0 Å². The number of anilines is 1. The van der Waals surface area contributed by atoms with E-state index in [1.807, 2.05) is 24.3 Å². The van der Waals surface area contributed by atoms with Gasteiger partial charge in [-0.1, -0.05) is 51.1 Å². The first-order valence-corrected chi connectivity index (χ1v) is 14.3. The number of carbonyl (C=O) groups is 4. The highest BCUT2D eigenvalue weighted by molar-refractivity contribution is 6.01. The van der Waals surface area contributed by atoms with Gasteiger partial charge in [0.15, 0.2) is 12.4 Å². The Morgan fingerprint density at radius 1 is 0.750 bits per heavy atom. The summed E-state index contributed by atoms with van der Waals surface area (Å²) in [6.45, 7) is 6.15. The largest absolute Gasteiger partial charge is 0.457 e. The van der Waals surface area contributed by atoms with Crippen molar-refractivity contribution in [1.82, 2.24) is 0 Å². The lowest BCUT2D eigenvalue weighted by Gasteiger charge is -2.19. The van der Waals surface area contributed by atoms with E-state index >= 15 is 0 Å². The molecule has 1 heterocycles. The number of rotatable bonds is 9. The zero-order valence-corrected chi connectivity index (χ0v) is 24.8. The number of hydrogen-bond acceptors (Lipinski definition) is 7. The highest BCUT2D eigenvalue weighted by Gasteiger charge is 2.36. The van der Waals surface area contributed by atoms with Crippen molar-refractivity contribution in [3.8, 4) is 17.2 Å². The van der Waals surface area contributed by atoms with Crippen LogP contribution in [0.2, 0.25) is 0 Å². The van der Waals surface area contributed by atoms with Crippen LogP contribution in [0, 0.1) is 5.92 Å². The second-order valence-electron chi connectivity index (χ2n) is 11.6. The first-order chi connectivity index (χ1) is 21.1. The van der Waals surface area contributed by atoms with Crippen LogP contribution in [0.1, 0.15) is 53.5 Å². The van der Waals surface area contributed by atoms with Crippen LogP contribution in [0.3, 0.4) is 0 Å². The van der Waals surface area contributed by atoms with Gasteiger partial charge in [-0.05, 0) is 83.8 Å². The quantitative estimate of drug-likeness (QED) is 0.120. The molecule has 1 fully saturated rings. The predicted molar refractivity (Wildman–Crippen MR) is 165 cm³/mol. The molecule has 1 saturated heterocycles. The normalized spacial score (nSPS) is 14.7. The van der Waals surface area contributed by atoms with Gasteiger partial charge in [-0.2, -0.15) is 0 Å². The lowest BCUT2D eigenvalue weighted by atomic mass is 9.87. The molecule has 1 aliphatic heterocycles. The first kappa shape index (κ1) is 30.2. The summed E-state index contributed by atoms with van der Waals surface area (Å²) in [5.41, 5.74) is 2.62. The molecule has 0 radical (unpaired) electrons. The Labute approximate surface area is 256 Å². The number of Topliss-reactive ketones (excluding diaryl/α,β-unsaturated/α-hetero) is 1. The van der Waals surface area contributed by atoms with Crippen LogP contribution in [-0.2, 0) is 19.7 Å². The fourth-order valence-corrected chi connectivity index (χ4v) is 4.76. The van der Waals surface area contributed by atoms with Gasteiger partial charge < -0.3 is 19.1 Å². The number of ketones is 1. The molecule has 224 valence electrons. The van der Waals surface area contributed by atoms with Crippen molar-refractivity contribution in [1.29, 1.82) is 0 Å². The molecule has 0 unspecified atom stereocenters. The molecule has 1 amide bonds. The SMILES string of the molecule is CC(C)(C)c1ccc(Oc2ccc(N3C[C@H](C(=O)OCC(=O)c4ccc(OC(=O)c5ccccc5)cc4)CC3=O)cc2)cc1. The number of amides is 1. The summed E-state index contributed by atoms with van der Waals surface area (Å²) < 4.78 is 16.5. The summed E-state index contributed by atoms with van der Waals surface area (Å²) in [5, 5.41) is 0. The summed E-state index contributed by atoms with van der Waals surface area (Å²) in [5.74, 6) is -0.803. The third-order valence-corrected chi connectivity index (χ3v) is 7.30. The van der Waals surface area contributed by atoms with Crippen molar-refractivity contribution in [2.24, 2.45) is 5.92 Å². The standard InChI is InChI=1S/C36H33NO7/c1-36(2,3)27-11-17-29(18-12-27)43-30-19-13-28(14-20-30)37-22-26(21-33(37)39)34(40)42-23-32(38)24-9-15-31(16-10-24)44-35(41)25-7-5-4-6-8-25/h4-20,26H,21-23H2,1-3H3/t26-/m1/s1. The lowest BCUT2D eigenvalue weighted by Crippen LogP contribution is -2.27. The zero-order valence-electron chi connectivity index (χ0n) is 24.8. The van der Waals surface area contributed by atoms with Crippen LogP contribution in [0.4, 0.5) is 5.69 Å². The number of nitrogens with zero attached hydrogens (tertiary/aromatic N) is 1. The number of benzene rings is 4. The zero-order chi connectivity index (χ0) is 31.3. The third kappa shape index (κ3) is 7.39. The third-order valence-electron chi connectivity index (χ3n) is 7.30. The van der Waals surface area contributed by atoms with E-state index in [0.717, 1.165) is 0 Å². The minimum atomic E-state index is -0.688. The fourth-order valence-electron chi connectivity index (χ4n) is 4.76. The maximum absolute atomic E-state index is 12.7. The Morgan fingerprint density at radius 2 is 1.34 bits per heavy atom. The average Bonchev–Trinajstić information content (AvgIpc) is 3.42. The van der Waals surface area contributed by atoms with Gasteiger partial charge in [0.1, 0.15) is 17.2 Å².